The molecule has 1 heterocycles. The zero-order chi connectivity index (χ0) is 17.3. The van der Waals surface area contributed by atoms with Gasteiger partial charge in [-0.1, -0.05) is 6.92 Å². The number of carbonyl (C=O) groups excluding carboxylic acids is 1. The molecule has 0 bridgehead atoms. The van der Waals surface area contributed by atoms with Gasteiger partial charge in [-0.2, -0.15) is 13.9 Å². The highest BCUT2D eigenvalue weighted by atomic mass is 19.3. The number of hydrogen-bond donors (Lipinski definition) is 1. The van der Waals surface area contributed by atoms with Gasteiger partial charge in [0.05, 0.1) is 11.4 Å². The van der Waals surface area contributed by atoms with Crippen LogP contribution in [-0.2, 0) is 4.79 Å². The second kappa shape index (κ2) is 6.50. The summed E-state index contributed by atoms with van der Waals surface area (Å²) in [5.74, 6) is -1.79. The number of ether oxygens (including phenoxy) is 1. The third-order valence-electron chi connectivity index (χ3n) is 3.93. The standard InChI is InChI=1S/C15H15F3N4O2/c1-8(9-2-3-9)14(23)21-11-4-10(16)13(24-15(17)18)5-12(11)22-7-19-6-20-22/h4-9,15H,2-3H2,1H3,(H,21,23)/t8-/m1/s1. The minimum Gasteiger partial charge on any atom is -0.432 e. The summed E-state index contributed by atoms with van der Waals surface area (Å²) in [6.45, 7) is -1.37. The second-order valence-corrected chi connectivity index (χ2v) is 5.63. The number of alkyl halides is 2. The maximum Gasteiger partial charge on any atom is 0.387 e. The van der Waals surface area contributed by atoms with Gasteiger partial charge >= 0.3 is 6.61 Å². The molecule has 0 unspecified atom stereocenters. The lowest BCUT2D eigenvalue weighted by molar-refractivity contribution is -0.119. The molecule has 1 aromatic carbocycles. The van der Waals surface area contributed by atoms with E-state index < -0.39 is 18.2 Å². The number of anilines is 1. The summed E-state index contributed by atoms with van der Waals surface area (Å²) in [5, 5.41) is 6.52. The number of halogens is 3. The lowest BCUT2D eigenvalue weighted by atomic mass is 10.1. The van der Waals surface area contributed by atoms with Crippen LogP contribution < -0.4 is 10.1 Å². The fraction of sp³-hybridized carbons (Fsp3) is 0.400. The highest BCUT2D eigenvalue weighted by Crippen LogP contribution is 2.37. The maximum atomic E-state index is 14.0. The first kappa shape index (κ1) is 16.3. The minimum absolute atomic E-state index is 0.108. The maximum absolute atomic E-state index is 14.0. The van der Waals surface area contributed by atoms with Crippen LogP contribution in [0.15, 0.2) is 24.8 Å². The zero-order valence-electron chi connectivity index (χ0n) is 12.7. The van der Waals surface area contributed by atoms with Crippen LogP contribution in [0.5, 0.6) is 5.75 Å². The molecule has 1 saturated carbocycles. The van der Waals surface area contributed by atoms with E-state index >= 15 is 0 Å². The number of carbonyl (C=O) groups is 1. The van der Waals surface area contributed by atoms with E-state index in [1.54, 1.807) is 6.92 Å². The Balaban J connectivity index is 1.94. The molecule has 1 fully saturated rings. The molecule has 1 amide bonds. The molecule has 1 atom stereocenters. The Morgan fingerprint density at radius 2 is 2.17 bits per heavy atom. The second-order valence-electron chi connectivity index (χ2n) is 5.63. The normalized spacial score (nSPS) is 15.4. The van der Waals surface area contributed by atoms with Gasteiger partial charge in [0.2, 0.25) is 5.91 Å². The summed E-state index contributed by atoms with van der Waals surface area (Å²) < 4.78 is 44.2. The van der Waals surface area contributed by atoms with Gasteiger partial charge < -0.3 is 10.1 Å². The molecule has 24 heavy (non-hydrogen) atoms. The van der Waals surface area contributed by atoms with E-state index in [2.05, 4.69) is 20.1 Å². The minimum atomic E-state index is -3.17. The molecule has 9 heteroatoms. The number of nitrogens with zero attached hydrogens (tertiary/aromatic N) is 3. The number of benzene rings is 1. The summed E-state index contributed by atoms with van der Waals surface area (Å²) in [4.78, 5) is 16.0. The van der Waals surface area contributed by atoms with Crippen LogP contribution in [0.2, 0.25) is 0 Å². The van der Waals surface area contributed by atoms with E-state index in [1.807, 2.05) is 0 Å². The molecular formula is C15H15F3N4O2. The number of amides is 1. The van der Waals surface area contributed by atoms with Crippen LogP contribution in [0, 0.1) is 17.7 Å². The molecule has 128 valence electrons. The van der Waals surface area contributed by atoms with Crippen LogP contribution in [0.4, 0.5) is 18.9 Å². The smallest absolute Gasteiger partial charge is 0.387 e. The van der Waals surface area contributed by atoms with Crippen LogP contribution in [0.25, 0.3) is 5.69 Å². The van der Waals surface area contributed by atoms with Crippen molar-refractivity contribution in [3.05, 3.63) is 30.6 Å². The van der Waals surface area contributed by atoms with E-state index in [1.165, 1.54) is 17.3 Å². The molecule has 2 aromatic rings. The number of hydrogen-bond acceptors (Lipinski definition) is 4. The Hall–Kier alpha value is -2.58. The van der Waals surface area contributed by atoms with Crippen molar-refractivity contribution in [2.24, 2.45) is 11.8 Å². The van der Waals surface area contributed by atoms with Gasteiger partial charge in [-0.25, -0.2) is 14.1 Å². The molecule has 0 saturated heterocycles. The van der Waals surface area contributed by atoms with Crippen molar-refractivity contribution < 1.29 is 22.7 Å². The molecule has 0 radical (unpaired) electrons. The van der Waals surface area contributed by atoms with Crippen molar-refractivity contribution in [1.82, 2.24) is 14.8 Å². The third kappa shape index (κ3) is 3.50. The largest absolute Gasteiger partial charge is 0.432 e. The molecule has 1 aliphatic carbocycles. The van der Waals surface area contributed by atoms with E-state index in [0.717, 1.165) is 25.0 Å². The first-order valence-electron chi connectivity index (χ1n) is 7.40. The van der Waals surface area contributed by atoms with Crippen molar-refractivity contribution in [1.29, 1.82) is 0 Å². The van der Waals surface area contributed by atoms with Gasteiger partial charge in [0, 0.05) is 18.1 Å². The Bertz CT molecular complexity index is 733. The monoisotopic (exact) mass is 340 g/mol. The van der Waals surface area contributed by atoms with Gasteiger partial charge in [-0.15, -0.1) is 0 Å². The lowest BCUT2D eigenvalue weighted by Crippen LogP contribution is -2.23. The van der Waals surface area contributed by atoms with Gasteiger partial charge in [-0.05, 0) is 18.8 Å². The first-order chi connectivity index (χ1) is 11.5. The molecular weight excluding hydrogens is 325 g/mol. The van der Waals surface area contributed by atoms with Gasteiger partial charge in [-0.3, -0.25) is 4.79 Å². The third-order valence-corrected chi connectivity index (χ3v) is 3.93. The average Bonchev–Trinajstić information content (AvgIpc) is 3.23. The highest BCUT2D eigenvalue weighted by Gasteiger charge is 2.33. The summed E-state index contributed by atoms with van der Waals surface area (Å²) in [6, 6.07) is 1.99. The number of rotatable bonds is 6. The Kier molecular flexibility index (Phi) is 4.41. The molecule has 1 N–H and O–H groups in total. The predicted molar refractivity (Wildman–Crippen MR) is 78.5 cm³/mol. The first-order valence-corrected chi connectivity index (χ1v) is 7.40. The van der Waals surface area contributed by atoms with Gasteiger partial charge in [0.15, 0.2) is 11.6 Å². The number of nitrogens with one attached hydrogen (secondary N) is 1. The Morgan fingerprint density at radius 3 is 2.75 bits per heavy atom. The van der Waals surface area contributed by atoms with Crippen LogP contribution in [-0.4, -0.2) is 27.3 Å². The van der Waals surface area contributed by atoms with Gasteiger partial charge in [0.25, 0.3) is 0 Å². The summed E-state index contributed by atoms with van der Waals surface area (Å²) >= 11 is 0. The van der Waals surface area contributed by atoms with Crippen molar-refractivity contribution >= 4 is 11.6 Å². The average molecular weight is 340 g/mol. The van der Waals surface area contributed by atoms with Crippen molar-refractivity contribution in [2.45, 2.75) is 26.4 Å². The van der Waals surface area contributed by atoms with Crippen LogP contribution in [0.3, 0.4) is 0 Å². The van der Waals surface area contributed by atoms with Crippen molar-refractivity contribution in [3.63, 3.8) is 0 Å². The highest BCUT2D eigenvalue weighted by molar-refractivity contribution is 5.94. The topological polar surface area (TPSA) is 69.0 Å². The molecule has 1 aliphatic rings. The lowest BCUT2D eigenvalue weighted by Gasteiger charge is -2.16. The molecule has 6 nitrogen and oxygen atoms in total. The molecule has 1 aromatic heterocycles. The summed E-state index contributed by atoms with van der Waals surface area (Å²) in [5.41, 5.74) is 0.290. The van der Waals surface area contributed by atoms with Crippen LogP contribution in [0.1, 0.15) is 19.8 Å². The van der Waals surface area contributed by atoms with Crippen molar-refractivity contribution in [3.8, 4) is 11.4 Å². The molecule has 0 spiro atoms. The van der Waals surface area contributed by atoms with E-state index in [0.29, 0.717) is 5.92 Å². The van der Waals surface area contributed by atoms with E-state index in [-0.39, 0.29) is 23.2 Å². The van der Waals surface area contributed by atoms with E-state index in [4.69, 9.17) is 0 Å². The fourth-order valence-electron chi connectivity index (χ4n) is 2.41. The van der Waals surface area contributed by atoms with E-state index in [9.17, 15) is 18.0 Å². The predicted octanol–water partition coefficient (Wildman–Crippen LogP) is 2.99. The van der Waals surface area contributed by atoms with Crippen molar-refractivity contribution in [2.75, 3.05) is 5.32 Å². The summed E-state index contributed by atoms with van der Waals surface area (Å²) in [7, 11) is 0. The van der Waals surface area contributed by atoms with Crippen LogP contribution >= 0.6 is 0 Å². The Labute approximate surface area is 135 Å². The molecule has 0 aliphatic heterocycles. The zero-order valence-corrected chi connectivity index (χ0v) is 12.7. The molecule has 3 rings (SSSR count). The van der Waals surface area contributed by atoms with Gasteiger partial charge in [0.1, 0.15) is 12.7 Å². The Morgan fingerprint density at radius 1 is 1.42 bits per heavy atom. The summed E-state index contributed by atoms with van der Waals surface area (Å²) in [6.07, 6.45) is 4.51. The quantitative estimate of drug-likeness (QED) is 0.878. The fourth-order valence-corrected chi connectivity index (χ4v) is 2.41. The SMILES string of the molecule is C[C@@H](C(=O)Nc1cc(F)c(OC(F)F)cc1-n1cncn1)C1CC1. The number of aromatic nitrogens is 3.